The van der Waals surface area contributed by atoms with Gasteiger partial charge in [-0.3, -0.25) is 4.79 Å². The summed E-state index contributed by atoms with van der Waals surface area (Å²) in [6, 6.07) is 8.17. The fourth-order valence-electron chi connectivity index (χ4n) is 3.51. The Kier molecular flexibility index (Phi) is 3.21. The lowest BCUT2D eigenvalue weighted by Gasteiger charge is -2.36. The molecule has 2 heterocycles. The molecule has 0 saturated carbocycles. The van der Waals surface area contributed by atoms with Crippen LogP contribution in [0.2, 0.25) is 0 Å². The van der Waals surface area contributed by atoms with Crippen LogP contribution in [-0.2, 0) is 11.2 Å². The molecule has 1 N–H and O–H groups in total. The molecule has 102 valence electrons. The topological polar surface area (TPSA) is 32.3 Å². The molecule has 3 rings (SSSR count). The third-order valence-electron chi connectivity index (χ3n) is 4.25. The number of carbonyl (C=O) groups excluding carboxylic acids is 1. The number of anilines is 1. The van der Waals surface area contributed by atoms with E-state index in [-0.39, 0.29) is 11.9 Å². The SMILES string of the molecule is C[C@@H]1C[C@@H](C)CN(C(=O)[C@@H]2Cc3ccccc3N2)C1. The number of fused-ring (bicyclic) bond motifs is 1. The Morgan fingerprint density at radius 2 is 1.89 bits per heavy atom. The zero-order valence-corrected chi connectivity index (χ0v) is 11.7. The highest BCUT2D eigenvalue weighted by atomic mass is 16.2. The summed E-state index contributed by atoms with van der Waals surface area (Å²) in [6.45, 7) is 6.31. The van der Waals surface area contributed by atoms with E-state index in [1.54, 1.807) is 0 Å². The molecule has 3 nitrogen and oxygen atoms in total. The van der Waals surface area contributed by atoms with Crippen LogP contribution in [0.15, 0.2) is 24.3 Å². The number of amides is 1. The summed E-state index contributed by atoms with van der Waals surface area (Å²) in [6.07, 6.45) is 2.07. The maximum Gasteiger partial charge on any atom is 0.245 e. The lowest BCUT2D eigenvalue weighted by atomic mass is 9.91. The number of carbonyl (C=O) groups is 1. The molecule has 0 radical (unpaired) electrons. The van der Waals surface area contributed by atoms with E-state index in [9.17, 15) is 4.79 Å². The third kappa shape index (κ3) is 2.46. The third-order valence-corrected chi connectivity index (χ3v) is 4.25. The fraction of sp³-hybridized carbons (Fsp3) is 0.562. The molecule has 3 heteroatoms. The summed E-state index contributed by atoms with van der Waals surface area (Å²) in [5, 5.41) is 3.37. The van der Waals surface area contributed by atoms with Crippen molar-refractivity contribution in [3.05, 3.63) is 29.8 Å². The first kappa shape index (κ1) is 12.5. The van der Waals surface area contributed by atoms with Crippen molar-refractivity contribution in [2.75, 3.05) is 18.4 Å². The summed E-state index contributed by atoms with van der Waals surface area (Å²) in [5.41, 5.74) is 2.39. The second-order valence-electron chi connectivity index (χ2n) is 6.25. The maximum atomic E-state index is 12.6. The summed E-state index contributed by atoms with van der Waals surface area (Å²) >= 11 is 0. The number of hydrogen-bond acceptors (Lipinski definition) is 2. The molecule has 0 aromatic heterocycles. The predicted octanol–water partition coefficient (Wildman–Crippen LogP) is 2.53. The molecule has 0 aliphatic carbocycles. The minimum absolute atomic E-state index is 0.0603. The standard InChI is InChI=1S/C16H22N2O/c1-11-7-12(2)10-18(9-11)16(19)15-8-13-5-3-4-6-14(13)17-15/h3-6,11-12,15,17H,7-10H2,1-2H3/t11-,12-,15+/m1/s1. The highest BCUT2D eigenvalue weighted by molar-refractivity contribution is 5.87. The molecule has 3 atom stereocenters. The number of rotatable bonds is 1. The van der Waals surface area contributed by atoms with Gasteiger partial charge < -0.3 is 10.2 Å². The van der Waals surface area contributed by atoms with Crippen LogP contribution in [0.1, 0.15) is 25.8 Å². The van der Waals surface area contributed by atoms with Gasteiger partial charge in [-0.2, -0.15) is 0 Å². The van der Waals surface area contributed by atoms with Gasteiger partial charge in [0.2, 0.25) is 5.91 Å². The molecule has 2 aliphatic heterocycles. The van der Waals surface area contributed by atoms with Crippen LogP contribution in [0.4, 0.5) is 5.69 Å². The molecule has 0 spiro atoms. The lowest BCUT2D eigenvalue weighted by Crippen LogP contribution is -2.48. The van der Waals surface area contributed by atoms with Crippen LogP contribution in [0.3, 0.4) is 0 Å². The largest absolute Gasteiger partial charge is 0.373 e. The molecule has 1 saturated heterocycles. The number of hydrogen-bond donors (Lipinski definition) is 1. The van der Waals surface area contributed by atoms with Crippen molar-refractivity contribution in [2.45, 2.75) is 32.7 Å². The molecule has 0 bridgehead atoms. The molecule has 0 unspecified atom stereocenters. The maximum absolute atomic E-state index is 12.6. The number of likely N-dealkylation sites (tertiary alicyclic amines) is 1. The van der Waals surface area contributed by atoms with Gasteiger partial charge >= 0.3 is 0 Å². The number of para-hydroxylation sites is 1. The Bertz CT molecular complexity index is 450. The molecular formula is C16H22N2O. The fourth-order valence-corrected chi connectivity index (χ4v) is 3.51. The Morgan fingerprint density at radius 1 is 1.21 bits per heavy atom. The first-order chi connectivity index (χ1) is 9.13. The van der Waals surface area contributed by atoms with Crippen molar-refractivity contribution < 1.29 is 4.79 Å². The van der Waals surface area contributed by atoms with Gasteiger partial charge in [-0.25, -0.2) is 0 Å². The lowest BCUT2D eigenvalue weighted by molar-refractivity contribution is -0.134. The Balaban J connectivity index is 1.69. The van der Waals surface area contributed by atoms with E-state index in [2.05, 4.69) is 36.2 Å². The van der Waals surface area contributed by atoms with E-state index in [0.29, 0.717) is 11.8 Å². The molecule has 2 aliphatic rings. The monoisotopic (exact) mass is 258 g/mol. The molecule has 1 amide bonds. The van der Waals surface area contributed by atoms with Crippen molar-refractivity contribution in [2.24, 2.45) is 11.8 Å². The molecule has 19 heavy (non-hydrogen) atoms. The van der Waals surface area contributed by atoms with Crippen molar-refractivity contribution in [3.8, 4) is 0 Å². The van der Waals surface area contributed by atoms with Crippen LogP contribution < -0.4 is 5.32 Å². The second-order valence-corrected chi connectivity index (χ2v) is 6.25. The van der Waals surface area contributed by atoms with Crippen molar-refractivity contribution in [1.82, 2.24) is 4.90 Å². The zero-order chi connectivity index (χ0) is 13.4. The smallest absolute Gasteiger partial charge is 0.245 e. The van der Waals surface area contributed by atoms with Crippen molar-refractivity contribution in [1.29, 1.82) is 0 Å². The van der Waals surface area contributed by atoms with Crippen LogP contribution in [-0.4, -0.2) is 29.9 Å². The first-order valence-corrected chi connectivity index (χ1v) is 7.26. The van der Waals surface area contributed by atoms with Crippen molar-refractivity contribution >= 4 is 11.6 Å². The van der Waals surface area contributed by atoms with Gasteiger partial charge in [-0.1, -0.05) is 32.0 Å². The summed E-state index contributed by atoms with van der Waals surface area (Å²) in [4.78, 5) is 14.7. The Hall–Kier alpha value is -1.51. The highest BCUT2D eigenvalue weighted by Crippen LogP contribution is 2.28. The number of nitrogens with one attached hydrogen (secondary N) is 1. The van der Waals surface area contributed by atoms with E-state index in [0.717, 1.165) is 25.2 Å². The average molecular weight is 258 g/mol. The first-order valence-electron chi connectivity index (χ1n) is 7.26. The van der Waals surface area contributed by atoms with E-state index in [1.807, 2.05) is 12.1 Å². The van der Waals surface area contributed by atoms with Crippen molar-refractivity contribution in [3.63, 3.8) is 0 Å². The number of piperidine rings is 1. The van der Waals surface area contributed by atoms with Gasteiger partial charge in [0, 0.05) is 25.2 Å². The minimum Gasteiger partial charge on any atom is -0.373 e. The van der Waals surface area contributed by atoms with Gasteiger partial charge in [-0.15, -0.1) is 0 Å². The highest BCUT2D eigenvalue weighted by Gasteiger charge is 2.33. The Morgan fingerprint density at radius 3 is 2.58 bits per heavy atom. The van der Waals surface area contributed by atoms with Gasteiger partial charge in [-0.05, 0) is 29.9 Å². The predicted molar refractivity (Wildman–Crippen MR) is 77.1 cm³/mol. The van der Waals surface area contributed by atoms with Crippen LogP contribution in [0, 0.1) is 11.8 Å². The average Bonchev–Trinajstić information content (AvgIpc) is 2.80. The number of nitrogens with zero attached hydrogens (tertiary/aromatic N) is 1. The van der Waals surface area contributed by atoms with Crippen LogP contribution in [0.5, 0.6) is 0 Å². The van der Waals surface area contributed by atoms with Gasteiger partial charge in [0.25, 0.3) is 0 Å². The van der Waals surface area contributed by atoms with E-state index < -0.39 is 0 Å². The normalized spacial score (nSPS) is 29.8. The molecule has 1 aromatic rings. The summed E-state index contributed by atoms with van der Waals surface area (Å²) in [7, 11) is 0. The van der Waals surface area contributed by atoms with Gasteiger partial charge in [0.05, 0.1) is 0 Å². The van der Waals surface area contributed by atoms with Crippen LogP contribution in [0.25, 0.3) is 0 Å². The van der Waals surface area contributed by atoms with E-state index in [1.165, 1.54) is 12.0 Å². The van der Waals surface area contributed by atoms with E-state index in [4.69, 9.17) is 0 Å². The van der Waals surface area contributed by atoms with Crippen LogP contribution >= 0.6 is 0 Å². The van der Waals surface area contributed by atoms with Gasteiger partial charge in [0.1, 0.15) is 6.04 Å². The van der Waals surface area contributed by atoms with E-state index >= 15 is 0 Å². The Labute approximate surface area is 115 Å². The quantitative estimate of drug-likeness (QED) is 0.839. The summed E-state index contributed by atoms with van der Waals surface area (Å²) < 4.78 is 0. The minimum atomic E-state index is -0.0603. The number of benzene rings is 1. The molecular weight excluding hydrogens is 236 g/mol. The zero-order valence-electron chi connectivity index (χ0n) is 11.7. The molecule has 1 fully saturated rings. The molecule has 1 aromatic carbocycles. The second kappa shape index (κ2) is 4.87. The van der Waals surface area contributed by atoms with Gasteiger partial charge in [0.15, 0.2) is 0 Å². The summed E-state index contributed by atoms with van der Waals surface area (Å²) in [5.74, 6) is 1.52.